The first-order chi connectivity index (χ1) is 6.74. The van der Waals surface area contributed by atoms with Gasteiger partial charge in [0, 0.05) is 6.92 Å². The first-order valence-corrected chi connectivity index (χ1v) is 4.77. The van der Waals surface area contributed by atoms with Gasteiger partial charge in [0.15, 0.2) is 0 Å². The van der Waals surface area contributed by atoms with E-state index < -0.39 is 0 Å². The Kier molecular flexibility index (Phi) is 7.26. The molecule has 0 aliphatic carbocycles. The summed E-state index contributed by atoms with van der Waals surface area (Å²) in [7, 11) is 0. The second kappa shape index (κ2) is 8.12. The number of para-hydroxylation sites is 1. The van der Waals surface area contributed by atoms with Crippen molar-refractivity contribution in [3.05, 3.63) is 30.3 Å². The molecule has 1 rings (SSSR count). The maximum atomic E-state index is 7.32. The molecule has 0 saturated heterocycles. The fourth-order valence-electron chi connectivity index (χ4n) is 0.815. The number of rotatable bonds is 3. The van der Waals surface area contributed by atoms with Crippen LogP contribution >= 0.6 is 0 Å². The average molecular weight is 191 g/mol. The predicted molar refractivity (Wildman–Crippen MR) is 58.1 cm³/mol. The number of ether oxygens (including phenoxy) is 1. The fraction of sp³-hybridized carbons (Fsp3) is 0.417. The van der Waals surface area contributed by atoms with E-state index in [1.165, 1.54) is 6.92 Å². The van der Waals surface area contributed by atoms with Gasteiger partial charge >= 0.3 is 0 Å². The summed E-state index contributed by atoms with van der Waals surface area (Å²) >= 11 is 0. The molecule has 0 aliphatic heterocycles. The van der Waals surface area contributed by atoms with Gasteiger partial charge in [-0.1, -0.05) is 25.1 Å². The molecule has 0 aliphatic rings. The second-order valence-electron chi connectivity index (χ2n) is 2.87. The smallest absolute Gasteiger partial charge is 0.119 e. The number of benzene rings is 1. The Balaban J connectivity index is 0.000000500. The highest BCUT2D eigenvalue weighted by Gasteiger charge is 1.97. The van der Waals surface area contributed by atoms with Crippen LogP contribution in [0.1, 0.15) is 27.2 Å². The zero-order valence-corrected chi connectivity index (χ0v) is 9.03. The van der Waals surface area contributed by atoms with Crippen molar-refractivity contribution in [2.75, 3.05) is 0 Å². The Bertz CT molecular complexity index is 263. The molecule has 0 N–H and O–H groups in total. The zero-order valence-electron chi connectivity index (χ0n) is 9.03. The minimum Gasteiger partial charge on any atom is -0.491 e. The molecule has 1 aromatic rings. The van der Waals surface area contributed by atoms with Crippen LogP contribution in [0.25, 0.3) is 0 Å². The van der Waals surface area contributed by atoms with Crippen LogP contribution < -0.4 is 4.74 Å². The third kappa shape index (κ3) is 6.07. The Morgan fingerprint density at radius 3 is 2.29 bits per heavy atom. The molecular weight excluding hydrogens is 174 g/mol. The Labute approximate surface area is 86.1 Å². The van der Waals surface area contributed by atoms with Crippen LogP contribution in [0, 0.1) is 11.3 Å². The van der Waals surface area contributed by atoms with Gasteiger partial charge in [-0.2, -0.15) is 5.26 Å². The molecule has 0 amide bonds. The van der Waals surface area contributed by atoms with Crippen molar-refractivity contribution in [3.8, 4) is 11.8 Å². The van der Waals surface area contributed by atoms with E-state index in [1.807, 2.05) is 30.3 Å². The van der Waals surface area contributed by atoms with Gasteiger partial charge in [0.25, 0.3) is 0 Å². The van der Waals surface area contributed by atoms with E-state index in [9.17, 15) is 0 Å². The summed E-state index contributed by atoms with van der Waals surface area (Å²) in [4.78, 5) is 0. The normalized spacial score (nSPS) is 10.4. The standard InChI is InChI=1S/C10H14O.C2H3N/c1-3-9(2)11-10-7-5-4-6-8-10;1-2-3/h4-9H,3H2,1-2H3;1H3. The highest BCUT2D eigenvalue weighted by molar-refractivity contribution is 5.21. The molecule has 0 spiro atoms. The number of hydrogen-bond acceptors (Lipinski definition) is 2. The number of hydrogen-bond donors (Lipinski definition) is 0. The summed E-state index contributed by atoms with van der Waals surface area (Å²) in [5.41, 5.74) is 0. The third-order valence-electron chi connectivity index (χ3n) is 1.66. The molecule has 14 heavy (non-hydrogen) atoms. The largest absolute Gasteiger partial charge is 0.491 e. The molecule has 1 aromatic carbocycles. The van der Waals surface area contributed by atoms with Crippen LogP contribution in [0.15, 0.2) is 30.3 Å². The fourth-order valence-corrected chi connectivity index (χ4v) is 0.815. The van der Waals surface area contributed by atoms with Crippen molar-refractivity contribution in [3.63, 3.8) is 0 Å². The van der Waals surface area contributed by atoms with Crippen molar-refractivity contribution in [1.82, 2.24) is 0 Å². The molecular formula is C12H17NO. The molecule has 0 bridgehead atoms. The maximum Gasteiger partial charge on any atom is 0.119 e. The lowest BCUT2D eigenvalue weighted by atomic mass is 10.3. The number of nitrogens with zero attached hydrogens (tertiary/aromatic N) is 1. The molecule has 0 heterocycles. The second-order valence-corrected chi connectivity index (χ2v) is 2.87. The monoisotopic (exact) mass is 191 g/mol. The van der Waals surface area contributed by atoms with Crippen LogP contribution in [-0.2, 0) is 0 Å². The Morgan fingerprint density at radius 2 is 1.86 bits per heavy atom. The lowest BCUT2D eigenvalue weighted by Crippen LogP contribution is -2.09. The molecule has 2 nitrogen and oxygen atoms in total. The Morgan fingerprint density at radius 1 is 1.36 bits per heavy atom. The van der Waals surface area contributed by atoms with Gasteiger partial charge < -0.3 is 4.74 Å². The predicted octanol–water partition coefficient (Wildman–Crippen LogP) is 3.39. The SMILES string of the molecule is CC#N.CCC(C)Oc1ccccc1. The Hall–Kier alpha value is -1.49. The van der Waals surface area contributed by atoms with Crippen molar-refractivity contribution in [2.24, 2.45) is 0 Å². The first-order valence-electron chi connectivity index (χ1n) is 4.77. The van der Waals surface area contributed by atoms with Crippen LogP contribution in [-0.4, -0.2) is 6.10 Å². The van der Waals surface area contributed by atoms with Crippen molar-refractivity contribution < 1.29 is 4.74 Å². The van der Waals surface area contributed by atoms with Gasteiger partial charge in [0.05, 0.1) is 12.2 Å². The van der Waals surface area contributed by atoms with Gasteiger partial charge in [-0.05, 0) is 25.5 Å². The molecule has 1 atom stereocenters. The summed E-state index contributed by atoms with van der Waals surface area (Å²) < 4.78 is 5.56. The molecule has 76 valence electrons. The quantitative estimate of drug-likeness (QED) is 0.733. The summed E-state index contributed by atoms with van der Waals surface area (Å²) in [5, 5.41) is 7.32. The van der Waals surface area contributed by atoms with Crippen LogP contribution in [0.5, 0.6) is 5.75 Å². The van der Waals surface area contributed by atoms with Crippen molar-refractivity contribution >= 4 is 0 Å². The summed E-state index contributed by atoms with van der Waals surface area (Å²) in [6.45, 7) is 5.63. The molecule has 0 aromatic heterocycles. The first kappa shape index (κ1) is 12.5. The van der Waals surface area contributed by atoms with Crippen molar-refractivity contribution in [1.29, 1.82) is 5.26 Å². The lowest BCUT2D eigenvalue weighted by Gasteiger charge is -2.11. The van der Waals surface area contributed by atoms with Gasteiger partial charge in [-0.15, -0.1) is 0 Å². The lowest BCUT2D eigenvalue weighted by molar-refractivity contribution is 0.217. The minimum absolute atomic E-state index is 0.317. The van der Waals surface area contributed by atoms with Crippen LogP contribution in [0.3, 0.4) is 0 Å². The summed E-state index contributed by atoms with van der Waals surface area (Å²) in [6.07, 6.45) is 1.37. The van der Waals surface area contributed by atoms with Gasteiger partial charge in [-0.25, -0.2) is 0 Å². The average Bonchev–Trinajstić information content (AvgIpc) is 2.20. The van der Waals surface area contributed by atoms with E-state index in [1.54, 1.807) is 6.07 Å². The summed E-state index contributed by atoms with van der Waals surface area (Å²) in [6, 6.07) is 11.7. The maximum absolute atomic E-state index is 7.32. The van der Waals surface area contributed by atoms with E-state index in [0.29, 0.717) is 6.10 Å². The van der Waals surface area contributed by atoms with Crippen LogP contribution in [0.4, 0.5) is 0 Å². The topological polar surface area (TPSA) is 33.0 Å². The van der Waals surface area contributed by atoms with Gasteiger partial charge in [0.1, 0.15) is 5.75 Å². The van der Waals surface area contributed by atoms with E-state index in [0.717, 1.165) is 12.2 Å². The van der Waals surface area contributed by atoms with E-state index >= 15 is 0 Å². The molecule has 1 unspecified atom stereocenters. The molecule has 0 radical (unpaired) electrons. The van der Waals surface area contributed by atoms with E-state index in [2.05, 4.69) is 13.8 Å². The van der Waals surface area contributed by atoms with Crippen LogP contribution in [0.2, 0.25) is 0 Å². The molecule has 0 fully saturated rings. The van der Waals surface area contributed by atoms with Gasteiger partial charge in [0.2, 0.25) is 0 Å². The molecule has 2 heteroatoms. The third-order valence-corrected chi connectivity index (χ3v) is 1.66. The highest BCUT2D eigenvalue weighted by atomic mass is 16.5. The highest BCUT2D eigenvalue weighted by Crippen LogP contribution is 2.11. The summed E-state index contributed by atoms with van der Waals surface area (Å²) in [5.74, 6) is 0.960. The van der Waals surface area contributed by atoms with E-state index in [-0.39, 0.29) is 0 Å². The number of nitriles is 1. The zero-order chi connectivity index (χ0) is 10.8. The minimum atomic E-state index is 0.317. The van der Waals surface area contributed by atoms with Gasteiger partial charge in [-0.3, -0.25) is 0 Å². The molecule has 0 saturated carbocycles. The van der Waals surface area contributed by atoms with E-state index in [4.69, 9.17) is 10.00 Å². The van der Waals surface area contributed by atoms with Crippen molar-refractivity contribution in [2.45, 2.75) is 33.3 Å².